The van der Waals surface area contributed by atoms with Gasteiger partial charge >= 0.3 is 6.18 Å². The maximum absolute atomic E-state index is 14.1. The van der Waals surface area contributed by atoms with Gasteiger partial charge in [-0.25, -0.2) is 4.39 Å². The standard InChI is InChI=1S/C21H19F4NO/c22-20-9-8-17(18-6-1-2-7-19(18)20)15(12-26)10-14-4-3-5-16(11-14)27-13-21(23,24)25/h1-9,11,15H,10,12-13,26H2. The first-order valence-electron chi connectivity index (χ1n) is 8.53. The van der Waals surface area contributed by atoms with Gasteiger partial charge in [0.1, 0.15) is 11.6 Å². The zero-order valence-electron chi connectivity index (χ0n) is 14.5. The summed E-state index contributed by atoms with van der Waals surface area (Å²) in [4.78, 5) is 0. The lowest BCUT2D eigenvalue weighted by molar-refractivity contribution is -0.153. The van der Waals surface area contributed by atoms with Crippen LogP contribution in [0.3, 0.4) is 0 Å². The van der Waals surface area contributed by atoms with E-state index in [4.69, 9.17) is 10.5 Å². The summed E-state index contributed by atoms with van der Waals surface area (Å²) in [6.45, 7) is -1.01. The lowest BCUT2D eigenvalue weighted by atomic mass is 9.88. The molecule has 0 amide bonds. The highest BCUT2D eigenvalue weighted by atomic mass is 19.4. The Kier molecular flexibility index (Phi) is 5.65. The lowest BCUT2D eigenvalue weighted by Crippen LogP contribution is -2.19. The van der Waals surface area contributed by atoms with Crippen molar-refractivity contribution >= 4 is 10.8 Å². The van der Waals surface area contributed by atoms with Crippen LogP contribution in [-0.4, -0.2) is 19.3 Å². The largest absolute Gasteiger partial charge is 0.484 e. The second-order valence-corrected chi connectivity index (χ2v) is 6.37. The molecule has 0 aliphatic carbocycles. The fraction of sp³-hybridized carbons (Fsp3) is 0.238. The van der Waals surface area contributed by atoms with Crippen LogP contribution in [0.25, 0.3) is 10.8 Å². The van der Waals surface area contributed by atoms with Crippen LogP contribution in [-0.2, 0) is 6.42 Å². The number of nitrogens with two attached hydrogens (primary N) is 1. The molecule has 3 rings (SSSR count). The molecular formula is C21H19F4NO. The molecule has 0 saturated carbocycles. The zero-order valence-corrected chi connectivity index (χ0v) is 14.5. The van der Waals surface area contributed by atoms with Gasteiger partial charge in [0.05, 0.1) is 0 Å². The van der Waals surface area contributed by atoms with Crippen LogP contribution < -0.4 is 10.5 Å². The van der Waals surface area contributed by atoms with Gasteiger partial charge in [-0.15, -0.1) is 0 Å². The molecule has 0 fully saturated rings. The summed E-state index contributed by atoms with van der Waals surface area (Å²) in [6, 6.07) is 16.8. The van der Waals surface area contributed by atoms with Crippen LogP contribution in [0.1, 0.15) is 17.0 Å². The topological polar surface area (TPSA) is 35.2 Å². The third-order valence-corrected chi connectivity index (χ3v) is 4.41. The maximum Gasteiger partial charge on any atom is 0.422 e. The second kappa shape index (κ2) is 7.96. The highest BCUT2D eigenvalue weighted by Gasteiger charge is 2.28. The number of hydrogen-bond acceptors (Lipinski definition) is 2. The molecule has 2 nitrogen and oxygen atoms in total. The van der Waals surface area contributed by atoms with E-state index in [0.717, 1.165) is 16.5 Å². The van der Waals surface area contributed by atoms with Gasteiger partial charge in [0, 0.05) is 11.3 Å². The molecule has 2 N–H and O–H groups in total. The van der Waals surface area contributed by atoms with Gasteiger partial charge in [-0.2, -0.15) is 13.2 Å². The van der Waals surface area contributed by atoms with E-state index in [1.54, 1.807) is 30.3 Å². The van der Waals surface area contributed by atoms with E-state index < -0.39 is 12.8 Å². The molecule has 0 radical (unpaired) electrons. The molecular weight excluding hydrogens is 358 g/mol. The summed E-state index contributed by atoms with van der Waals surface area (Å²) < 4.78 is 55.9. The van der Waals surface area contributed by atoms with Crippen LogP contribution in [0.2, 0.25) is 0 Å². The molecule has 0 aliphatic heterocycles. The molecule has 0 aromatic heterocycles. The number of ether oxygens (including phenoxy) is 1. The van der Waals surface area contributed by atoms with E-state index in [9.17, 15) is 17.6 Å². The first-order chi connectivity index (χ1) is 12.9. The minimum absolute atomic E-state index is 0.103. The van der Waals surface area contributed by atoms with Gasteiger partial charge in [0.15, 0.2) is 6.61 Å². The molecule has 3 aromatic rings. The second-order valence-electron chi connectivity index (χ2n) is 6.37. The van der Waals surface area contributed by atoms with Gasteiger partial charge in [0.25, 0.3) is 0 Å². The number of hydrogen-bond donors (Lipinski definition) is 1. The number of rotatable bonds is 6. The quantitative estimate of drug-likeness (QED) is 0.599. The van der Waals surface area contributed by atoms with Gasteiger partial charge in [-0.05, 0) is 47.7 Å². The van der Waals surface area contributed by atoms with Crippen molar-refractivity contribution in [3.05, 3.63) is 77.6 Å². The normalized spacial score (nSPS) is 12.9. The Morgan fingerprint density at radius 1 is 0.926 bits per heavy atom. The van der Waals surface area contributed by atoms with Crippen molar-refractivity contribution in [1.82, 2.24) is 0 Å². The molecule has 0 heterocycles. The Hall–Kier alpha value is -2.60. The van der Waals surface area contributed by atoms with Crippen molar-refractivity contribution in [2.24, 2.45) is 5.73 Å². The van der Waals surface area contributed by atoms with Crippen molar-refractivity contribution in [3.63, 3.8) is 0 Å². The molecule has 6 heteroatoms. The van der Waals surface area contributed by atoms with Gasteiger partial charge < -0.3 is 10.5 Å². The average Bonchev–Trinajstić information content (AvgIpc) is 2.65. The predicted molar refractivity (Wildman–Crippen MR) is 97.4 cm³/mol. The van der Waals surface area contributed by atoms with Crippen LogP contribution in [0.4, 0.5) is 17.6 Å². The summed E-state index contributed by atoms with van der Waals surface area (Å²) in [6.07, 6.45) is -3.88. The fourth-order valence-corrected chi connectivity index (χ4v) is 3.17. The molecule has 0 bridgehead atoms. The van der Waals surface area contributed by atoms with Gasteiger partial charge in [-0.1, -0.05) is 42.5 Å². The van der Waals surface area contributed by atoms with Crippen molar-refractivity contribution in [2.45, 2.75) is 18.5 Å². The van der Waals surface area contributed by atoms with Crippen LogP contribution in [0.5, 0.6) is 5.75 Å². The monoisotopic (exact) mass is 377 g/mol. The fourth-order valence-electron chi connectivity index (χ4n) is 3.17. The summed E-state index contributed by atoms with van der Waals surface area (Å²) in [7, 11) is 0. The highest BCUT2D eigenvalue weighted by molar-refractivity contribution is 5.86. The molecule has 142 valence electrons. The SMILES string of the molecule is NCC(Cc1cccc(OCC(F)(F)F)c1)c1ccc(F)c2ccccc12. The molecule has 0 saturated heterocycles. The minimum Gasteiger partial charge on any atom is -0.484 e. The van der Waals surface area contributed by atoms with Crippen molar-refractivity contribution in [1.29, 1.82) is 0 Å². The van der Waals surface area contributed by atoms with Crippen molar-refractivity contribution < 1.29 is 22.3 Å². The number of benzene rings is 3. The van der Waals surface area contributed by atoms with E-state index in [1.165, 1.54) is 12.1 Å². The van der Waals surface area contributed by atoms with E-state index in [2.05, 4.69) is 0 Å². The predicted octanol–water partition coefficient (Wildman–Crippen LogP) is 5.21. The Morgan fingerprint density at radius 2 is 1.67 bits per heavy atom. The summed E-state index contributed by atoms with van der Waals surface area (Å²) in [5.74, 6) is -0.245. The number of fused-ring (bicyclic) bond motifs is 1. The highest BCUT2D eigenvalue weighted by Crippen LogP contribution is 2.30. The molecule has 3 aromatic carbocycles. The molecule has 0 spiro atoms. The summed E-state index contributed by atoms with van der Waals surface area (Å²) in [5.41, 5.74) is 7.68. The maximum atomic E-state index is 14.1. The summed E-state index contributed by atoms with van der Waals surface area (Å²) >= 11 is 0. The third kappa shape index (κ3) is 4.77. The Balaban J connectivity index is 1.85. The van der Waals surface area contributed by atoms with Gasteiger partial charge in [0.2, 0.25) is 0 Å². The van der Waals surface area contributed by atoms with E-state index in [-0.39, 0.29) is 17.5 Å². The van der Waals surface area contributed by atoms with Gasteiger partial charge in [-0.3, -0.25) is 0 Å². The van der Waals surface area contributed by atoms with Crippen molar-refractivity contribution in [2.75, 3.05) is 13.2 Å². The molecule has 1 unspecified atom stereocenters. The van der Waals surface area contributed by atoms with E-state index in [0.29, 0.717) is 18.4 Å². The lowest BCUT2D eigenvalue weighted by Gasteiger charge is -2.19. The minimum atomic E-state index is -4.39. The Morgan fingerprint density at radius 3 is 2.37 bits per heavy atom. The van der Waals surface area contributed by atoms with E-state index >= 15 is 0 Å². The first kappa shape index (κ1) is 19.2. The third-order valence-electron chi connectivity index (χ3n) is 4.41. The number of halogens is 4. The zero-order chi connectivity index (χ0) is 19.4. The molecule has 0 aliphatic rings. The van der Waals surface area contributed by atoms with Crippen molar-refractivity contribution in [3.8, 4) is 5.75 Å². The van der Waals surface area contributed by atoms with Crippen LogP contribution in [0.15, 0.2) is 60.7 Å². The Bertz CT molecular complexity index is 923. The molecule has 1 atom stereocenters. The van der Waals surface area contributed by atoms with E-state index in [1.807, 2.05) is 18.2 Å². The summed E-state index contributed by atoms with van der Waals surface area (Å²) in [5, 5.41) is 1.31. The van der Waals surface area contributed by atoms with Crippen LogP contribution in [0, 0.1) is 5.82 Å². The Labute approximate surface area is 154 Å². The average molecular weight is 377 g/mol. The first-order valence-corrected chi connectivity index (χ1v) is 8.53. The van der Waals surface area contributed by atoms with Crippen LogP contribution >= 0.6 is 0 Å². The molecule has 27 heavy (non-hydrogen) atoms. The number of alkyl halides is 3. The smallest absolute Gasteiger partial charge is 0.422 e.